The minimum Gasteiger partial charge on any atom is -0.337 e. The van der Waals surface area contributed by atoms with E-state index in [2.05, 4.69) is 6.92 Å². The molecule has 2 rings (SSSR count). The van der Waals surface area contributed by atoms with E-state index >= 15 is 0 Å². The fourth-order valence-electron chi connectivity index (χ4n) is 2.57. The highest BCUT2D eigenvalue weighted by atomic mass is 15.2. The van der Waals surface area contributed by atoms with E-state index in [4.69, 9.17) is 13.3 Å². The lowest BCUT2D eigenvalue weighted by Gasteiger charge is -2.23. The Morgan fingerprint density at radius 3 is 2.33 bits per heavy atom. The molecule has 2 radical (unpaired) electrons. The molecule has 1 atom stereocenters. The van der Waals surface area contributed by atoms with Gasteiger partial charge in [-0.15, -0.1) is 0 Å². The van der Waals surface area contributed by atoms with Crippen molar-refractivity contribution < 1.29 is 0 Å². The monoisotopic (exact) mass is 248 g/mol. The highest BCUT2D eigenvalue weighted by Gasteiger charge is 2.31. The van der Waals surface area contributed by atoms with Gasteiger partial charge in [-0.25, -0.2) is 0 Å². The van der Waals surface area contributed by atoms with Gasteiger partial charge in [-0.3, -0.25) is 5.41 Å². The predicted octanol–water partition coefficient (Wildman–Crippen LogP) is 4.53. The van der Waals surface area contributed by atoms with Gasteiger partial charge in [-0.1, -0.05) is 46.4 Å². The molecule has 0 aromatic rings. The van der Waals surface area contributed by atoms with Crippen molar-refractivity contribution in [2.24, 2.45) is 0 Å². The molecule has 0 aromatic heterocycles. The molecule has 102 valence electrons. The van der Waals surface area contributed by atoms with E-state index in [1.54, 1.807) is 0 Å². The summed E-state index contributed by atoms with van der Waals surface area (Å²) in [6.45, 7) is 10.1. The van der Waals surface area contributed by atoms with Crippen molar-refractivity contribution in [3.63, 3.8) is 0 Å². The first-order valence-electron chi connectivity index (χ1n) is 7.30. The van der Waals surface area contributed by atoms with Crippen molar-refractivity contribution in [1.29, 1.82) is 5.41 Å². The second kappa shape index (κ2) is 7.65. The van der Waals surface area contributed by atoms with E-state index in [0.717, 1.165) is 37.9 Å². The Morgan fingerprint density at radius 1 is 1.22 bits per heavy atom. The van der Waals surface area contributed by atoms with Gasteiger partial charge in [-0.05, 0) is 24.8 Å². The van der Waals surface area contributed by atoms with E-state index in [1.807, 2.05) is 39.6 Å². The molecule has 0 aromatic carbocycles. The number of nitrogens with one attached hydrogen (secondary N) is 1. The van der Waals surface area contributed by atoms with E-state index in [9.17, 15) is 0 Å². The summed E-state index contributed by atoms with van der Waals surface area (Å²) in [5.74, 6) is 0.729. The molecule has 0 saturated carbocycles. The van der Waals surface area contributed by atoms with Crippen LogP contribution in [0, 0.1) is 5.41 Å². The average Bonchev–Trinajstić information content (AvgIpc) is 2.53. The summed E-state index contributed by atoms with van der Waals surface area (Å²) in [6, 6.07) is 0. The zero-order valence-electron chi connectivity index (χ0n) is 13.1. The number of amidine groups is 1. The Balaban J connectivity index is 0.000000659. The molecule has 2 aliphatic rings. The molecule has 2 nitrogen and oxygen atoms in total. The van der Waals surface area contributed by atoms with Crippen molar-refractivity contribution in [1.82, 2.24) is 4.90 Å². The zero-order valence-corrected chi connectivity index (χ0v) is 13.1. The highest BCUT2D eigenvalue weighted by molar-refractivity contribution is 6.15. The van der Waals surface area contributed by atoms with Gasteiger partial charge in [0.1, 0.15) is 5.84 Å². The van der Waals surface area contributed by atoms with Crippen LogP contribution in [0.15, 0.2) is 11.3 Å². The Hall–Kier alpha value is -0.725. The number of rotatable bonds is 0. The summed E-state index contributed by atoms with van der Waals surface area (Å²) in [7, 11) is 8.21. The number of hydrogen-bond acceptors (Lipinski definition) is 1. The number of hydrogen-bond donors (Lipinski definition) is 1. The number of nitrogens with zero attached hydrogens (tertiary/aromatic N) is 1. The summed E-state index contributed by atoms with van der Waals surface area (Å²) >= 11 is 0. The molecule has 3 heteroatoms. The van der Waals surface area contributed by atoms with Crippen LogP contribution in [0.5, 0.6) is 0 Å². The summed E-state index contributed by atoms with van der Waals surface area (Å²) in [5.41, 5.74) is 2.77. The molecule has 1 aliphatic carbocycles. The van der Waals surface area contributed by atoms with Gasteiger partial charge >= 0.3 is 0 Å². The molecule has 1 N–H and O–H groups in total. The highest BCUT2D eigenvalue weighted by Crippen LogP contribution is 2.44. The average molecular weight is 248 g/mol. The quantitative estimate of drug-likeness (QED) is 0.626. The first-order valence-corrected chi connectivity index (χ1v) is 7.30. The van der Waals surface area contributed by atoms with Gasteiger partial charge in [0.05, 0.1) is 7.85 Å². The Morgan fingerprint density at radius 2 is 1.78 bits per heavy atom. The zero-order chi connectivity index (χ0) is 14.3. The minimum atomic E-state index is -0.0530. The van der Waals surface area contributed by atoms with Gasteiger partial charge in [0, 0.05) is 19.2 Å². The van der Waals surface area contributed by atoms with Crippen LogP contribution < -0.4 is 0 Å². The molecule has 1 aliphatic heterocycles. The molecule has 18 heavy (non-hydrogen) atoms. The second-order valence-corrected chi connectivity index (χ2v) is 4.92. The minimum absolute atomic E-state index is 0.0530. The lowest BCUT2D eigenvalue weighted by Crippen LogP contribution is -2.19. The van der Waals surface area contributed by atoms with E-state index in [1.165, 1.54) is 11.3 Å². The van der Waals surface area contributed by atoms with Crippen LogP contribution in [-0.4, -0.2) is 25.6 Å². The first kappa shape index (κ1) is 17.3. The van der Waals surface area contributed by atoms with E-state index < -0.39 is 0 Å². The van der Waals surface area contributed by atoms with Crippen LogP contribution in [0.2, 0.25) is 5.31 Å². The third-order valence-electron chi connectivity index (χ3n) is 3.38. The first-order chi connectivity index (χ1) is 8.49. The van der Waals surface area contributed by atoms with Crippen molar-refractivity contribution >= 4 is 13.7 Å². The van der Waals surface area contributed by atoms with Gasteiger partial charge in [0.25, 0.3) is 0 Å². The predicted molar refractivity (Wildman–Crippen MR) is 82.4 cm³/mol. The van der Waals surface area contributed by atoms with E-state index in [0.29, 0.717) is 0 Å². The molecule has 0 fully saturated rings. The fourth-order valence-corrected chi connectivity index (χ4v) is 2.57. The normalized spacial score (nSPS) is 26.6. The van der Waals surface area contributed by atoms with Gasteiger partial charge in [0.2, 0.25) is 0 Å². The molecular formula is C15H29BN2. The Labute approximate surface area is 115 Å². The van der Waals surface area contributed by atoms with Crippen LogP contribution >= 0.6 is 0 Å². The largest absolute Gasteiger partial charge is 0.337 e. The molecule has 0 bridgehead atoms. The van der Waals surface area contributed by atoms with Gasteiger partial charge in [-0.2, -0.15) is 0 Å². The summed E-state index contributed by atoms with van der Waals surface area (Å²) in [5, 5.41) is 7.74. The van der Waals surface area contributed by atoms with Crippen molar-refractivity contribution in [3.8, 4) is 0 Å². The maximum Gasteiger partial charge on any atom is 0.104 e. The van der Waals surface area contributed by atoms with Crippen molar-refractivity contribution in [2.75, 3.05) is 7.05 Å². The van der Waals surface area contributed by atoms with Crippen LogP contribution in [-0.2, 0) is 0 Å². The van der Waals surface area contributed by atoms with E-state index in [-0.39, 0.29) is 5.31 Å². The maximum absolute atomic E-state index is 7.79. The maximum atomic E-state index is 7.79. The molecule has 0 spiro atoms. The van der Waals surface area contributed by atoms with Crippen molar-refractivity contribution in [3.05, 3.63) is 11.3 Å². The van der Waals surface area contributed by atoms with Crippen LogP contribution in [0.1, 0.15) is 66.7 Å². The third-order valence-corrected chi connectivity index (χ3v) is 3.38. The molecule has 1 heterocycles. The second-order valence-electron chi connectivity index (χ2n) is 4.92. The van der Waals surface area contributed by atoms with Crippen molar-refractivity contribution in [2.45, 2.75) is 72.0 Å². The lowest BCUT2D eigenvalue weighted by molar-refractivity contribution is 0.529. The Bertz CT molecular complexity index is 306. The summed E-state index contributed by atoms with van der Waals surface area (Å²) in [4.78, 5) is 2.04. The van der Waals surface area contributed by atoms with Crippen LogP contribution in [0.25, 0.3) is 0 Å². The molecule has 0 saturated heterocycles. The smallest absolute Gasteiger partial charge is 0.104 e. The van der Waals surface area contributed by atoms with Crippen LogP contribution in [0.3, 0.4) is 0 Å². The van der Waals surface area contributed by atoms with Gasteiger partial charge < -0.3 is 4.90 Å². The lowest BCUT2D eigenvalue weighted by atomic mass is 9.64. The third kappa shape index (κ3) is 4.18. The molecular weight excluding hydrogens is 219 g/mol. The number of allylic oxidation sites excluding steroid dienone is 1. The molecule has 0 amide bonds. The van der Waals surface area contributed by atoms with Gasteiger partial charge in [0.15, 0.2) is 0 Å². The summed E-state index contributed by atoms with van der Waals surface area (Å²) < 4.78 is 0. The SMILES string of the molecule is CC.CC.[B]C1(C)CCCC2=C(CC(=N)N2C)C1. The topological polar surface area (TPSA) is 27.1 Å². The summed E-state index contributed by atoms with van der Waals surface area (Å²) in [6.07, 6.45) is 5.14. The Kier molecular flexibility index (Phi) is 7.34. The van der Waals surface area contributed by atoms with Crippen LogP contribution in [0.4, 0.5) is 0 Å². The standard InChI is InChI=1S/C11H17BN2.2C2H6/c1-11(12)5-3-4-9-8(7-11)6-10(13)14(9)2;2*1-2/h13H,3-7H2,1-2H3;2*1-2H3. The molecule has 1 unspecified atom stereocenters. The fraction of sp³-hybridized carbons (Fsp3) is 0.800.